The van der Waals surface area contributed by atoms with Crippen LogP contribution in [-0.4, -0.2) is 61.3 Å². The molecule has 2 aliphatic rings. The van der Waals surface area contributed by atoms with Gasteiger partial charge in [-0.1, -0.05) is 6.92 Å². The third kappa shape index (κ3) is 3.51. The summed E-state index contributed by atoms with van der Waals surface area (Å²) in [6.07, 6.45) is 2.91. The monoisotopic (exact) mass is 241 g/mol. The van der Waals surface area contributed by atoms with E-state index in [1.807, 2.05) is 6.92 Å². The standard InChI is InChI=1S/C10H16N2O2.C2H7N/c1-11-4-2-3-9(11)8-5-12(6-8)10(14)7-13;1-2-3/h7-9H,2-6H2,1H3;2-3H2,1H3. The van der Waals surface area contributed by atoms with Gasteiger partial charge in [-0.3, -0.25) is 9.59 Å². The van der Waals surface area contributed by atoms with Crippen LogP contribution in [0.15, 0.2) is 0 Å². The van der Waals surface area contributed by atoms with Gasteiger partial charge in [-0.05, 0) is 33.0 Å². The Balaban J connectivity index is 0.000000437. The lowest BCUT2D eigenvalue weighted by atomic mass is 9.90. The highest BCUT2D eigenvalue weighted by molar-refractivity contribution is 6.23. The summed E-state index contributed by atoms with van der Waals surface area (Å²) in [5.41, 5.74) is 4.85. The van der Waals surface area contributed by atoms with Crippen molar-refractivity contribution in [1.82, 2.24) is 9.80 Å². The fraction of sp³-hybridized carbons (Fsp3) is 0.833. The Hall–Kier alpha value is -0.940. The molecule has 0 bridgehead atoms. The van der Waals surface area contributed by atoms with E-state index in [2.05, 4.69) is 11.9 Å². The number of nitrogens with two attached hydrogens (primary N) is 1. The lowest BCUT2D eigenvalue weighted by Gasteiger charge is -2.43. The number of likely N-dealkylation sites (tertiary alicyclic amines) is 2. The van der Waals surface area contributed by atoms with Gasteiger partial charge in [-0.25, -0.2) is 0 Å². The molecule has 0 radical (unpaired) electrons. The molecule has 1 unspecified atom stereocenters. The molecule has 0 aromatic rings. The van der Waals surface area contributed by atoms with Crippen LogP contribution in [0.2, 0.25) is 0 Å². The van der Waals surface area contributed by atoms with Gasteiger partial charge in [0.2, 0.25) is 6.29 Å². The van der Waals surface area contributed by atoms with Crippen LogP contribution < -0.4 is 5.73 Å². The second-order valence-electron chi connectivity index (χ2n) is 4.72. The maximum absolute atomic E-state index is 11.0. The van der Waals surface area contributed by atoms with E-state index in [0.717, 1.165) is 19.6 Å². The molecule has 2 saturated heterocycles. The fourth-order valence-electron chi connectivity index (χ4n) is 2.54. The third-order valence-electron chi connectivity index (χ3n) is 3.44. The summed E-state index contributed by atoms with van der Waals surface area (Å²) in [7, 11) is 2.14. The first-order valence-corrected chi connectivity index (χ1v) is 6.28. The molecular formula is C12H23N3O2. The first-order chi connectivity index (χ1) is 8.13. The molecule has 0 aromatic carbocycles. The molecule has 2 fully saturated rings. The molecule has 1 amide bonds. The largest absolute Gasteiger partial charge is 0.336 e. The number of carbonyl (C=O) groups excluding carboxylic acids is 2. The average molecular weight is 241 g/mol. The molecule has 1 atom stereocenters. The molecule has 2 N–H and O–H groups in total. The molecular weight excluding hydrogens is 218 g/mol. The molecule has 98 valence electrons. The van der Waals surface area contributed by atoms with Crippen molar-refractivity contribution < 1.29 is 9.59 Å². The summed E-state index contributed by atoms with van der Waals surface area (Å²) in [4.78, 5) is 25.2. The van der Waals surface area contributed by atoms with E-state index in [1.54, 1.807) is 4.90 Å². The highest BCUT2D eigenvalue weighted by Gasteiger charge is 2.39. The van der Waals surface area contributed by atoms with Gasteiger partial charge in [0.25, 0.3) is 5.91 Å². The van der Waals surface area contributed by atoms with E-state index in [-0.39, 0.29) is 5.91 Å². The SMILES string of the molecule is CCN.CN1CCCC1C1CN(C(=O)C=O)C1. The Morgan fingerprint density at radius 3 is 2.47 bits per heavy atom. The molecule has 2 heterocycles. The quantitative estimate of drug-likeness (QED) is 0.532. The van der Waals surface area contributed by atoms with E-state index >= 15 is 0 Å². The average Bonchev–Trinajstić information content (AvgIpc) is 2.64. The highest BCUT2D eigenvalue weighted by atomic mass is 16.2. The molecule has 5 heteroatoms. The van der Waals surface area contributed by atoms with Gasteiger partial charge in [0.15, 0.2) is 0 Å². The van der Waals surface area contributed by atoms with Crippen LogP contribution in [0.1, 0.15) is 19.8 Å². The minimum atomic E-state index is -0.359. The maximum Gasteiger partial charge on any atom is 0.286 e. The first kappa shape index (κ1) is 14.1. The van der Waals surface area contributed by atoms with Crippen LogP contribution in [0.25, 0.3) is 0 Å². The zero-order valence-electron chi connectivity index (χ0n) is 10.8. The summed E-state index contributed by atoms with van der Waals surface area (Å²) in [6, 6.07) is 0.630. The predicted molar refractivity (Wildman–Crippen MR) is 66.5 cm³/mol. The second kappa shape index (κ2) is 6.71. The van der Waals surface area contributed by atoms with E-state index in [1.165, 1.54) is 19.4 Å². The van der Waals surface area contributed by atoms with Crippen molar-refractivity contribution in [3.8, 4) is 0 Å². The molecule has 17 heavy (non-hydrogen) atoms. The van der Waals surface area contributed by atoms with Crippen LogP contribution >= 0.6 is 0 Å². The lowest BCUT2D eigenvalue weighted by molar-refractivity contribution is -0.144. The van der Waals surface area contributed by atoms with Crippen molar-refractivity contribution in [2.75, 3.05) is 33.2 Å². The highest BCUT2D eigenvalue weighted by Crippen LogP contribution is 2.28. The number of hydrogen-bond acceptors (Lipinski definition) is 4. The Labute approximate surface area is 103 Å². The minimum Gasteiger partial charge on any atom is -0.336 e. The molecule has 5 nitrogen and oxygen atoms in total. The van der Waals surface area contributed by atoms with Crippen LogP contribution in [0, 0.1) is 5.92 Å². The van der Waals surface area contributed by atoms with Crippen molar-refractivity contribution in [1.29, 1.82) is 0 Å². The van der Waals surface area contributed by atoms with Crippen molar-refractivity contribution in [2.24, 2.45) is 11.7 Å². The number of hydrogen-bond donors (Lipinski definition) is 1. The summed E-state index contributed by atoms with van der Waals surface area (Å²) >= 11 is 0. The smallest absolute Gasteiger partial charge is 0.286 e. The molecule has 2 aliphatic heterocycles. The van der Waals surface area contributed by atoms with Crippen LogP contribution in [0.5, 0.6) is 0 Å². The van der Waals surface area contributed by atoms with E-state index in [9.17, 15) is 9.59 Å². The first-order valence-electron chi connectivity index (χ1n) is 6.28. The van der Waals surface area contributed by atoms with E-state index in [0.29, 0.717) is 18.2 Å². The van der Waals surface area contributed by atoms with Gasteiger partial charge in [0.05, 0.1) is 0 Å². The number of nitrogens with zero attached hydrogens (tertiary/aromatic N) is 2. The maximum atomic E-state index is 11.0. The Morgan fingerprint density at radius 1 is 1.47 bits per heavy atom. The normalized spacial score (nSPS) is 24.9. The van der Waals surface area contributed by atoms with Gasteiger partial charge >= 0.3 is 0 Å². The van der Waals surface area contributed by atoms with Crippen LogP contribution in [-0.2, 0) is 9.59 Å². The van der Waals surface area contributed by atoms with Gasteiger partial charge < -0.3 is 15.5 Å². The molecule has 2 rings (SSSR count). The topological polar surface area (TPSA) is 66.6 Å². The predicted octanol–water partition coefficient (Wildman–Crippen LogP) is -0.297. The van der Waals surface area contributed by atoms with Crippen molar-refractivity contribution >= 4 is 12.2 Å². The molecule has 0 aliphatic carbocycles. The van der Waals surface area contributed by atoms with Crippen LogP contribution in [0.4, 0.5) is 0 Å². The van der Waals surface area contributed by atoms with Crippen molar-refractivity contribution in [3.63, 3.8) is 0 Å². The van der Waals surface area contributed by atoms with Gasteiger partial charge in [-0.15, -0.1) is 0 Å². The summed E-state index contributed by atoms with van der Waals surface area (Å²) in [5.74, 6) is 0.230. The summed E-state index contributed by atoms with van der Waals surface area (Å²) in [6.45, 7) is 5.36. The van der Waals surface area contributed by atoms with Gasteiger partial charge in [0.1, 0.15) is 0 Å². The minimum absolute atomic E-state index is 0.359. The van der Waals surface area contributed by atoms with Crippen LogP contribution in [0.3, 0.4) is 0 Å². The molecule has 0 saturated carbocycles. The van der Waals surface area contributed by atoms with Crippen molar-refractivity contribution in [2.45, 2.75) is 25.8 Å². The number of rotatable bonds is 2. The number of amides is 1. The Kier molecular flexibility index (Phi) is 5.58. The fourth-order valence-corrected chi connectivity index (χ4v) is 2.54. The third-order valence-corrected chi connectivity index (χ3v) is 3.44. The Bertz CT molecular complexity index is 264. The van der Waals surface area contributed by atoms with E-state index in [4.69, 9.17) is 5.73 Å². The number of carbonyl (C=O) groups is 2. The summed E-state index contributed by atoms with van der Waals surface area (Å²) < 4.78 is 0. The zero-order chi connectivity index (χ0) is 12.8. The van der Waals surface area contributed by atoms with Gasteiger partial charge in [0, 0.05) is 25.0 Å². The Morgan fingerprint density at radius 2 is 2.06 bits per heavy atom. The van der Waals surface area contributed by atoms with E-state index < -0.39 is 0 Å². The zero-order valence-corrected chi connectivity index (χ0v) is 10.8. The second-order valence-corrected chi connectivity index (χ2v) is 4.72. The lowest BCUT2D eigenvalue weighted by Crippen LogP contribution is -2.56. The molecule has 0 spiro atoms. The van der Waals surface area contributed by atoms with Crippen molar-refractivity contribution in [3.05, 3.63) is 0 Å². The molecule has 0 aromatic heterocycles. The summed E-state index contributed by atoms with van der Waals surface area (Å²) in [5, 5.41) is 0. The number of aldehydes is 1. The van der Waals surface area contributed by atoms with Gasteiger partial charge in [-0.2, -0.15) is 0 Å².